The maximum Gasteiger partial charge on any atom is 0.272 e. The predicted molar refractivity (Wildman–Crippen MR) is 87.4 cm³/mol. The number of hydrogen-bond donors (Lipinski definition) is 2. The molecule has 2 aromatic rings. The van der Waals surface area contributed by atoms with Crippen LogP contribution in [0.25, 0.3) is 0 Å². The minimum absolute atomic E-state index is 0.297. The molecule has 0 unspecified atom stereocenters. The van der Waals surface area contributed by atoms with Crippen LogP contribution in [-0.4, -0.2) is 19.9 Å². The number of rotatable bonds is 7. The summed E-state index contributed by atoms with van der Waals surface area (Å²) in [6.07, 6.45) is 4.13. The van der Waals surface area contributed by atoms with Gasteiger partial charge < -0.3 is 5.32 Å². The second-order valence-corrected chi connectivity index (χ2v) is 7.36. The van der Waals surface area contributed by atoms with E-state index in [1.54, 1.807) is 30.5 Å². The first-order valence-corrected chi connectivity index (χ1v) is 8.77. The highest BCUT2D eigenvalue weighted by Gasteiger charge is 2.17. The molecule has 0 radical (unpaired) electrons. The molecule has 2 heterocycles. The molecule has 112 valence electrons. The van der Waals surface area contributed by atoms with Crippen LogP contribution in [0.5, 0.6) is 0 Å². The summed E-state index contributed by atoms with van der Waals surface area (Å²) in [5, 5.41) is 3.07. The quantitative estimate of drug-likeness (QED) is 0.768. The number of nitrogens with zero attached hydrogens (tertiary/aromatic N) is 1. The van der Waals surface area contributed by atoms with Crippen LogP contribution >= 0.6 is 11.3 Å². The molecular formula is C14H17N3O2S2. The van der Waals surface area contributed by atoms with Crippen molar-refractivity contribution in [2.24, 2.45) is 0 Å². The van der Waals surface area contributed by atoms with Crippen LogP contribution in [0.3, 0.4) is 0 Å². The summed E-state index contributed by atoms with van der Waals surface area (Å²) in [7, 11) is -3.56. The maximum absolute atomic E-state index is 12.2. The molecule has 0 aromatic carbocycles. The molecule has 0 atom stereocenters. The molecule has 7 heteroatoms. The van der Waals surface area contributed by atoms with Gasteiger partial charge in [-0.15, -0.1) is 17.9 Å². The molecule has 0 saturated heterocycles. The Hall–Kier alpha value is -1.86. The summed E-state index contributed by atoms with van der Waals surface area (Å²) in [6, 6.07) is 6.83. The molecule has 0 saturated carbocycles. The zero-order valence-corrected chi connectivity index (χ0v) is 13.3. The standard InChI is InChI=1S/C14H17N3O2S2/c1-3-9-15-11-5-7-13(16-10-11)17-21(18,19)14-8-6-12(4-2)20-14/h3,5-8,10,15H,1,4,9H2,2H3,(H,16,17). The van der Waals surface area contributed by atoms with Gasteiger partial charge in [0.05, 0.1) is 11.9 Å². The average Bonchev–Trinajstić information content (AvgIpc) is 2.96. The monoisotopic (exact) mass is 323 g/mol. The van der Waals surface area contributed by atoms with Gasteiger partial charge in [0, 0.05) is 11.4 Å². The number of hydrogen-bond acceptors (Lipinski definition) is 5. The summed E-state index contributed by atoms with van der Waals surface area (Å²) >= 11 is 1.27. The van der Waals surface area contributed by atoms with Crippen molar-refractivity contribution in [1.82, 2.24) is 4.98 Å². The van der Waals surface area contributed by atoms with Crippen LogP contribution < -0.4 is 10.0 Å². The lowest BCUT2D eigenvalue weighted by Crippen LogP contribution is -2.12. The van der Waals surface area contributed by atoms with Crippen LogP contribution in [-0.2, 0) is 16.4 Å². The highest BCUT2D eigenvalue weighted by Crippen LogP contribution is 2.24. The third-order valence-electron chi connectivity index (χ3n) is 2.70. The molecule has 2 aromatic heterocycles. The lowest BCUT2D eigenvalue weighted by Gasteiger charge is -2.07. The van der Waals surface area contributed by atoms with Crippen molar-refractivity contribution >= 4 is 32.9 Å². The highest BCUT2D eigenvalue weighted by molar-refractivity contribution is 7.94. The fourth-order valence-electron chi connectivity index (χ4n) is 1.63. The molecule has 0 fully saturated rings. The number of anilines is 2. The van der Waals surface area contributed by atoms with Crippen LogP contribution in [0, 0.1) is 0 Å². The first-order chi connectivity index (χ1) is 10.0. The molecule has 0 bridgehead atoms. The fraction of sp³-hybridized carbons (Fsp3) is 0.214. The van der Waals surface area contributed by atoms with Crippen LogP contribution in [0.15, 0.2) is 47.3 Å². The van der Waals surface area contributed by atoms with E-state index in [9.17, 15) is 8.42 Å². The first kappa shape index (κ1) is 15.5. The van der Waals surface area contributed by atoms with Gasteiger partial charge in [0.1, 0.15) is 10.0 Å². The topological polar surface area (TPSA) is 71.1 Å². The second kappa shape index (κ2) is 6.73. The van der Waals surface area contributed by atoms with Gasteiger partial charge in [-0.1, -0.05) is 13.0 Å². The first-order valence-electron chi connectivity index (χ1n) is 6.47. The van der Waals surface area contributed by atoms with E-state index in [-0.39, 0.29) is 0 Å². The largest absolute Gasteiger partial charge is 0.380 e. The van der Waals surface area contributed by atoms with Crippen molar-refractivity contribution in [2.45, 2.75) is 17.6 Å². The molecule has 0 aliphatic carbocycles. The Kier molecular flexibility index (Phi) is 4.98. The van der Waals surface area contributed by atoms with E-state index >= 15 is 0 Å². The molecule has 21 heavy (non-hydrogen) atoms. The molecule has 5 nitrogen and oxygen atoms in total. The van der Waals surface area contributed by atoms with E-state index in [4.69, 9.17) is 0 Å². The van der Waals surface area contributed by atoms with Crippen LogP contribution in [0.2, 0.25) is 0 Å². The Bertz CT molecular complexity index is 706. The summed E-state index contributed by atoms with van der Waals surface area (Å²) < 4.78 is 27.2. The Morgan fingerprint density at radius 1 is 1.33 bits per heavy atom. The van der Waals surface area contributed by atoms with E-state index in [0.29, 0.717) is 16.6 Å². The molecule has 0 aliphatic rings. The minimum atomic E-state index is -3.56. The van der Waals surface area contributed by atoms with Gasteiger partial charge >= 0.3 is 0 Å². The van der Waals surface area contributed by atoms with Gasteiger partial charge in [-0.05, 0) is 30.7 Å². The molecule has 0 aliphatic heterocycles. The van der Waals surface area contributed by atoms with Gasteiger partial charge in [0.25, 0.3) is 10.0 Å². The zero-order valence-electron chi connectivity index (χ0n) is 11.7. The average molecular weight is 323 g/mol. The Labute approximate surface area is 128 Å². The van der Waals surface area contributed by atoms with Gasteiger partial charge in [-0.25, -0.2) is 13.4 Å². The van der Waals surface area contributed by atoms with Crippen molar-refractivity contribution in [3.8, 4) is 0 Å². The zero-order chi connectivity index (χ0) is 15.3. The van der Waals surface area contributed by atoms with E-state index in [1.807, 2.05) is 13.0 Å². The van der Waals surface area contributed by atoms with Crippen molar-refractivity contribution in [3.63, 3.8) is 0 Å². The second-order valence-electron chi connectivity index (χ2n) is 4.28. The SMILES string of the molecule is C=CCNc1ccc(NS(=O)(=O)c2ccc(CC)s2)nc1. The molecule has 0 amide bonds. The Morgan fingerprint density at radius 2 is 2.14 bits per heavy atom. The van der Waals surface area contributed by atoms with E-state index in [0.717, 1.165) is 17.0 Å². The number of nitrogens with one attached hydrogen (secondary N) is 2. The maximum atomic E-state index is 12.2. The van der Waals surface area contributed by atoms with Crippen molar-refractivity contribution < 1.29 is 8.42 Å². The van der Waals surface area contributed by atoms with E-state index < -0.39 is 10.0 Å². The smallest absolute Gasteiger partial charge is 0.272 e. The van der Waals surface area contributed by atoms with Crippen molar-refractivity contribution in [1.29, 1.82) is 0 Å². The highest BCUT2D eigenvalue weighted by atomic mass is 32.2. The van der Waals surface area contributed by atoms with E-state index in [2.05, 4.69) is 21.6 Å². The van der Waals surface area contributed by atoms with Gasteiger partial charge in [0.2, 0.25) is 0 Å². The number of thiophene rings is 1. The molecule has 2 rings (SSSR count). The predicted octanol–water partition coefficient (Wildman–Crippen LogP) is 3.10. The summed E-state index contributed by atoms with van der Waals surface area (Å²) in [5.74, 6) is 0.297. The molecular weight excluding hydrogens is 306 g/mol. The number of aryl methyl sites for hydroxylation is 1. The minimum Gasteiger partial charge on any atom is -0.380 e. The van der Waals surface area contributed by atoms with Crippen molar-refractivity contribution in [3.05, 3.63) is 48.0 Å². The summed E-state index contributed by atoms with van der Waals surface area (Å²) in [4.78, 5) is 5.12. The third kappa shape index (κ3) is 4.05. The fourth-order valence-corrected chi connectivity index (χ4v) is 3.93. The Morgan fingerprint density at radius 3 is 2.71 bits per heavy atom. The lowest BCUT2D eigenvalue weighted by atomic mass is 10.4. The van der Waals surface area contributed by atoms with E-state index in [1.165, 1.54) is 11.3 Å². The summed E-state index contributed by atoms with van der Waals surface area (Å²) in [6.45, 7) is 6.23. The van der Waals surface area contributed by atoms with Crippen LogP contribution in [0.1, 0.15) is 11.8 Å². The van der Waals surface area contributed by atoms with Crippen molar-refractivity contribution in [2.75, 3.05) is 16.6 Å². The normalized spacial score (nSPS) is 11.1. The van der Waals surface area contributed by atoms with Gasteiger partial charge in [-0.3, -0.25) is 4.72 Å². The number of aromatic nitrogens is 1. The lowest BCUT2D eigenvalue weighted by molar-refractivity contribution is 0.603. The third-order valence-corrected chi connectivity index (χ3v) is 5.78. The molecule has 0 spiro atoms. The van der Waals surface area contributed by atoms with Gasteiger partial charge in [0.15, 0.2) is 0 Å². The van der Waals surface area contributed by atoms with Gasteiger partial charge in [-0.2, -0.15) is 0 Å². The number of pyridine rings is 1. The molecule has 2 N–H and O–H groups in total. The summed E-state index contributed by atoms with van der Waals surface area (Å²) in [5.41, 5.74) is 0.808. The Balaban J connectivity index is 2.11. The number of sulfonamides is 1. The van der Waals surface area contributed by atoms with Crippen LogP contribution in [0.4, 0.5) is 11.5 Å².